The van der Waals surface area contributed by atoms with Crippen LogP contribution >= 0.6 is 22.6 Å². The molecule has 0 spiro atoms. The second-order valence-corrected chi connectivity index (χ2v) is 5.44. The zero-order chi connectivity index (χ0) is 15.1. The van der Waals surface area contributed by atoms with Gasteiger partial charge in [-0.2, -0.15) is 0 Å². The van der Waals surface area contributed by atoms with Crippen molar-refractivity contribution in [3.8, 4) is 11.5 Å². The van der Waals surface area contributed by atoms with Crippen molar-refractivity contribution in [2.45, 2.75) is 6.92 Å². The fraction of sp³-hybridized carbons (Fsp3) is 0.250. The van der Waals surface area contributed by atoms with E-state index in [2.05, 4.69) is 27.9 Å². The maximum Gasteiger partial charge on any atom is 0.161 e. The predicted molar refractivity (Wildman–Crippen MR) is 90.7 cm³/mol. The Morgan fingerprint density at radius 3 is 2.48 bits per heavy atom. The Labute approximate surface area is 137 Å². The molecule has 5 heteroatoms. The Morgan fingerprint density at radius 2 is 1.81 bits per heavy atom. The number of benzene rings is 2. The van der Waals surface area contributed by atoms with Gasteiger partial charge in [-0.05, 0) is 59.8 Å². The molecule has 2 aromatic carbocycles. The number of hydrogen-bond acceptors (Lipinski definition) is 3. The van der Waals surface area contributed by atoms with Crippen molar-refractivity contribution in [1.29, 1.82) is 0 Å². The average Bonchev–Trinajstić information content (AvgIpc) is 2.47. The third kappa shape index (κ3) is 4.77. The first kappa shape index (κ1) is 15.9. The van der Waals surface area contributed by atoms with Crippen molar-refractivity contribution < 1.29 is 13.9 Å². The molecule has 3 nitrogen and oxygen atoms in total. The van der Waals surface area contributed by atoms with E-state index in [1.54, 1.807) is 6.07 Å². The molecule has 0 aliphatic rings. The van der Waals surface area contributed by atoms with Gasteiger partial charge in [0.2, 0.25) is 0 Å². The van der Waals surface area contributed by atoms with Gasteiger partial charge in [0.15, 0.2) is 11.5 Å². The molecule has 0 unspecified atom stereocenters. The minimum absolute atomic E-state index is 0.230. The van der Waals surface area contributed by atoms with Crippen molar-refractivity contribution in [3.05, 3.63) is 51.9 Å². The van der Waals surface area contributed by atoms with Gasteiger partial charge in [-0.25, -0.2) is 4.39 Å². The van der Waals surface area contributed by atoms with Gasteiger partial charge in [-0.1, -0.05) is 12.1 Å². The smallest absolute Gasteiger partial charge is 0.161 e. The topological polar surface area (TPSA) is 30.5 Å². The molecule has 0 fully saturated rings. The minimum atomic E-state index is -0.230. The summed E-state index contributed by atoms with van der Waals surface area (Å²) >= 11 is 2.10. The van der Waals surface area contributed by atoms with Crippen LogP contribution in [0.3, 0.4) is 0 Å². The predicted octanol–water partition coefficient (Wildman–Crippen LogP) is 4.32. The third-order valence-electron chi connectivity index (χ3n) is 2.76. The summed E-state index contributed by atoms with van der Waals surface area (Å²) in [5, 5.41) is 3.22. The standard InChI is InChI=1S/C16H17FINO2/c1-2-20-15-5-3-4-6-16(15)21-10-9-19-14-8-7-12(17)11-13(14)18/h3-8,11,19H,2,9-10H2,1H3. The molecule has 0 aliphatic carbocycles. The van der Waals surface area contributed by atoms with Gasteiger partial charge in [-0.3, -0.25) is 0 Å². The summed E-state index contributed by atoms with van der Waals surface area (Å²) in [5.41, 5.74) is 0.902. The van der Waals surface area contributed by atoms with Crippen molar-refractivity contribution >= 4 is 28.3 Å². The van der Waals surface area contributed by atoms with Crippen LogP contribution in [0.15, 0.2) is 42.5 Å². The zero-order valence-corrected chi connectivity index (χ0v) is 13.9. The lowest BCUT2D eigenvalue weighted by molar-refractivity contribution is 0.284. The highest BCUT2D eigenvalue weighted by atomic mass is 127. The highest BCUT2D eigenvalue weighted by molar-refractivity contribution is 14.1. The second kappa shape index (κ2) is 8.07. The summed E-state index contributed by atoms with van der Waals surface area (Å²) in [4.78, 5) is 0. The second-order valence-electron chi connectivity index (χ2n) is 4.28. The van der Waals surface area contributed by atoms with E-state index in [-0.39, 0.29) is 5.82 Å². The van der Waals surface area contributed by atoms with Crippen LogP contribution in [0.2, 0.25) is 0 Å². The molecule has 0 atom stereocenters. The number of hydrogen-bond donors (Lipinski definition) is 1. The van der Waals surface area contributed by atoms with E-state index in [0.717, 1.165) is 20.8 Å². The van der Waals surface area contributed by atoms with Crippen LogP contribution in [0.25, 0.3) is 0 Å². The largest absolute Gasteiger partial charge is 0.490 e. The third-order valence-corrected chi connectivity index (χ3v) is 3.65. The summed E-state index contributed by atoms with van der Waals surface area (Å²) in [5.74, 6) is 1.25. The van der Waals surface area contributed by atoms with Gasteiger partial charge >= 0.3 is 0 Å². The molecule has 0 amide bonds. The molecule has 0 radical (unpaired) electrons. The SMILES string of the molecule is CCOc1ccccc1OCCNc1ccc(F)cc1I. The van der Waals surface area contributed by atoms with E-state index in [1.165, 1.54) is 12.1 Å². The van der Waals surface area contributed by atoms with E-state index in [9.17, 15) is 4.39 Å². The highest BCUT2D eigenvalue weighted by Gasteiger charge is 2.04. The number of anilines is 1. The van der Waals surface area contributed by atoms with Gasteiger partial charge in [0.25, 0.3) is 0 Å². The first-order valence-electron chi connectivity index (χ1n) is 6.74. The summed E-state index contributed by atoms with van der Waals surface area (Å²) in [6.07, 6.45) is 0. The highest BCUT2D eigenvalue weighted by Crippen LogP contribution is 2.26. The normalized spacial score (nSPS) is 10.2. The quantitative estimate of drug-likeness (QED) is 0.554. The van der Waals surface area contributed by atoms with Crippen molar-refractivity contribution in [2.75, 3.05) is 25.1 Å². The summed E-state index contributed by atoms with van der Waals surface area (Å²) in [7, 11) is 0. The summed E-state index contributed by atoms with van der Waals surface area (Å²) < 4.78 is 25.1. The van der Waals surface area contributed by atoms with Crippen LogP contribution in [0.4, 0.5) is 10.1 Å². The monoisotopic (exact) mass is 401 g/mol. The molecule has 21 heavy (non-hydrogen) atoms. The molecule has 0 aromatic heterocycles. The van der Waals surface area contributed by atoms with Crippen molar-refractivity contribution in [1.82, 2.24) is 0 Å². The lowest BCUT2D eigenvalue weighted by atomic mass is 10.3. The van der Waals surface area contributed by atoms with Crippen LogP contribution < -0.4 is 14.8 Å². The van der Waals surface area contributed by atoms with Gasteiger partial charge < -0.3 is 14.8 Å². The van der Waals surface area contributed by atoms with E-state index in [0.29, 0.717) is 19.8 Å². The Bertz CT molecular complexity index is 592. The van der Waals surface area contributed by atoms with Crippen molar-refractivity contribution in [2.24, 2.45) is 0 Å². The molecule has 0 saturated carbocycles. The molecule has 1 N–H and O–H groups in total. The maximum atomic E-state index is 13.0. The maximum absolute atomic E-state index is 13.0. The van der Waals surface area contributed by atoms with E-state index in [1.807, 2.05) is 31.2 Å². The fourth-order valence-corrected chi connectivity index (χ4v) is 2.49. The van der Waals surface area contributed by atoms with Gasteiger partial charge in [0.05, 0.1) is 6.61 Å². The van der Waals surface area contributed by atoms with Gasteiger partial charge in [0.1, 0.15) is 12.4 Å². The van der Waals surface area contributed by atoms with Crippen LogP contribution in [-0.4, -0.2) is 19.8 Å². The lowest BCUT2D eigenvalue weighted by Gasteiger charge is -2.13. The van der Waals surface area contributed by atoms with Gasteiger partial charge in [-0.15, -0.1) is 0 Å². The van der Waals surface area contributed by atoms with E-state index in [4.69, 9.17) is 9.47 Å². The first-order valence-corrected chi connectivity index (χ1v) is 7.82. The lowest BCUT2D eigenvalue weighted by Crippen LogP contribution is -2.12. The first-order chi connectivity index (χ1) is 10.2. The fourth-order valence-electron chi connectivity index (χ4n) is 1.82. The summed E-state index contributed by atoms with van der Waals surface area (Å²) in [6.45, 7) is 3.67. The minimum Gasteiger partial charge on any atom is -0.490 e. The molecular formula is C16H17FINO2. The molecule has 0 bridgehead atoms. The Balaban J connectivity index is 1.84. The Kier molecular flexibility index (Phi) is 6.10. The zero-order valence-electron chi connectivity index (χ0n) is 11.7. The van der Waals surface area contributed by atoms with Gasteiger partial charge in [0, 0.05) is 15.8 Å². The molecule has 2 rings (SSSR count). The van der Waals surface area contributed by atoms with Crippen molar-refractivity contribution in [3.63, 3.8) is 0 Å². The molecular weight excluding hydrogens is 384 g/mol. The molecule has 0 heterocycles. The molecule has 112 valence electrons. The number of halogens is 2. The van der Waals surface area contributed by atoms with Crippen LogP contribution in [0, 0.1) is 9.39 Å². The van der Waals surface area contributed by atoms with E-state index < -0.39 is 0 Å². The molecule has 0 saturated heterocycles. The molecule has 2 aromatic rings. The number of nitrogens with one attached hydrogen (secondary N) is 1. The van der Waals surface area contributed by atoms with Crippen LogP contribution in [0.5, 0.6) is 11.5 Å². The van der Waals surface area contributed by atoms with E-state index >= 15 is 0 Å². The molecule has 0 aliphatic heterocycles. The Morgan fingerprint density at radius 1 is 1.10 bits per heavy atom. The van der Waals surface area contributed by atoms with Crippen LogP contribution in [0.1, 0.15) is 6.92 Å². The van der Waals surface area contributed by atoms with Crippen LogP contribution in [-0.2, 0) is 0 Å². The Hall–Kier alpha value is -1.50. The number of ether oxygens (including phenoxy) is 2. The average molecular weight is 401 g/mol. The number of para-hydroxylation sites is 2. The summed E-state index contributed by atoms with van der Waals surface area (Å²) in [6, 6.07) is 12.3. The number of rotatable bonds is 7.